The Morgan fingerprint density at radius 2 is 0.761 bits per heavy atom. The van der Waals surface area contributed by atoms with Crippen LogP contribution in [0.25, 0.3) is 11.1 Å². The molecular weight excluding hydrogens is 1120 g/mol. The molecule has 17 heterocycles. The van der Waals surface area contributed by atoms with Crippen molar-refractivity contribution in [2.75, 3.05) is 0 Å². The van der Waals surface area contributed by atoms with Crippen molar-refractivity contribution >= 4 is 46.2 Å². The molecule has 2 N–H and O–H groups in total. The normalized spacial score (nSPS) is 30.7. The van der Waals surface area contributed by atoms with E-state index in [1.165, 1.54) is 0 Å². The van der Waals surface area contributed by atoms with Crippen LogP contribution >= 0.6 is 0 Å². The summed E-state index contributed by atoms with van der Waals surface area (Å²) >= 11 is 0. The van der Waals surface area contributed by atoms with E-state index in [2.05, 4.69) is 131 Å². The second-order valence-corrected chi connectivity index (χ2v) is 23.4. The van der Waals surface area contributed by atoms with Crippen molar-refractivity contribution in [1.82, 2.24) is 29.6 Å². The average molecular weight is 1180 g/mol. The van der Waals surface area contributed by atoms with Crippen molar-refractivity contribution in [3.8, 4) is 0 Å². The Morgan fingerprint density at radius 1 is 0.364 bits per heavy atom. The highest BCUT2D eigenvalue weighted by Gasteiger charge is 2.44. The number of amides is 4. The summed E-state index contributed by atoms with van der Waals surface area (Å²) in [5.74, 6) is -1.25. The van der Waals surface area contributed by atoms with Crippen molar-refractivity contribution in [3.05, 3.63) is 261 Å². The number of aromatic nitrogens is 2. The van der Waals surface area contributed by atoms with E-state index in [1.54, 1.807) is 43.9 Å². The zero-order chi connectivity index (χ0) is 58.7. The number of hydrogen-bond donors (Lipinski definition) is 2. The van der Waals surface area contributed by atoms with Crippen LogP contribution < -0.4 is 10.7 Å². The molecule has 21 rings (SSSR count). The van der Waals surface area contributed by atoms with Gasteiger partial charge in [-0.05, 0) is 130 Å². The molecule has 0 saturated carbocycles. The number of carbonyl (C=O) groups excluding carboxylic acids is 4. The van der Waals surface area contributed by atoms with Crippen LogP contribution in [0.2, 0.25) is 0 Å². The largest absolute Gasteiger partial charge is 0.358 e. The van der Waals surface area contributed by atoms with Crippen LogP contribution in [0.1, 0.15) is 67.7 Å². The highest BCUT2D eigenvalue weighted by Crippen LogP contribution is 2.40. The fourth-order valence-electron chi connectivity index (χ4n) is 13.5. The highest BCUT2D eigenvalue weighted by atomic mass is 17.2. The molecule has 438 valence electrons. The first kappa shape index (κ1) is 52.8. The first-order chi connectivity index (χ1) is 43.2. The summed E-state index contributed by atoms with van der Waals surface area (Å²) in [6.07, 6.45) is 17.3. The lowest BCUT2D eigenvalue weighted by Crippen LogP contribution is -2.53. The van der Waals surface area contributed by atoms with Gasteiger partial charge in [-0.25, -0.2) is 39.1 Å². The lowest BCUT2D eigenvalue weighted by Gasteiger charge is -2.39. The van der Waals surface area contributed by atoms with Gasteiger partial charge in [0.25, 0.3) is 23.6 Å². The molecule has 4 saturated heterocycles. The third-order valence-electron chi connectivity index (χ3n) is 18.0. The Hall–Kier alpha value is -9.48. The molecule has 20 nitrogen and oxygen atoms in total. The number of H-pyrrole nitrogens is 2. The number of nitrogens with one attached hydrogen (secondary N) is 2. The van der Waals surface area contributed by atoms with E-state index >= 15 is 0 Å². The minimum atomic E-state index is -0.771. The zero-order valence-corrected chi connectivity index (χ0v) is 46.8. The van der Waals surface area contributed by atoms with Crippen molar-refractivity contribution in [2.24, 2.45) is 9.98 Å². The van der Waals surface area contributed by atoms with Gasteiger partial charge in [-0.1, -0.05) is 109 Å². The topological polar surface area (TPSA) is 211 Å². The molecule has 4 amide bonds. The Morgan fingerprint density at radius 3 is 1.19 bits per heavy atom. The Labute approximate surface area is 502 Å². The van der Waals surface area contributed by atoms with Gasteiger partial charge in [-0.3, -0.25) is 29.2 Å². The van der Waals surface area contributed by atoms with Gasteiger partial charge < -0.3 is 29.6 Å². The number of nitrogens with zero attached hydrogens (tertiary/aromatic N) is 6. The summed E-state index contributed by atoms with van der Waals surface area (Å²) in [6.45, 7) is 1.33. The van der Waals surface area contributed by atoms with E-state index in [0.717, 1.165) is 89.2 Å². The number of carbonyl (C=O) groups is 4. The molecule has 15 aliphatic heterocycles. The van der Waals surface area contributed by atoms with Gasteiger partial charge in [-0.2, -0.15) is 0 Å². The molecule has 20 heteroatoms. The number of hydrogen-bond acceptors (Lipinski definition) is 14. The van der Waals surface area contributed by atoms with E-state index in [9.17, 15) is 19.2 Å². The van der Waals surface area contributed by atoms with Crippen LogP contribution in [0.15, 0.2) is 204 Å². The smallest absolute Gasteiger partial charge is 0.261 e. The average Bonchev–Trinajstić information content (AvgIpc) is 3.76. The van der Waals surface area contributed by atoms with Gasteiger partial charge in [-0.15, -0.1) is 0 Å². The molecule has 0 radical (unpaired) electrons. The maximum Gasteiger partial charge on any atom is 0.261 e. The van der Waals surface area contributed by atoms with Gasteiger partial charge in [0, 0.05) is 65.1 Å². The minimum Gasteiger partial charge on any atom is -0.358 e. The van der Waals surface area contributed by atoms with Crippen molar-refractivity contribution < 1.29 is 58.3 Å². The summed E-state index contributed by atoms with van der Waals surface area (Å²) in [4.78, 5) is 122. The van der Waals surface area contributed by atoms with Gasteiger partial charge in [0.1, 0.15) is 0 Å². The molecule has 15 aliphatic rings. The van der Waals surface area contributed by atoms with E-state index in [0.29, 0.717) is 26.2 Å². The zero-order valence-electron chi connectivity index (χ0n) is 46.8. The number of rotatable bonds is 12. The predicted molar refractivity (Wildman–Crippen MR) is 314 cm³/mol. The third-order valence-corrected chi connectivity index (χ3v) is 18.0. The van der Waals surface area contributed by atoms with Gasteiger partial charge in [0.2, 0.25) is 0 Å². The van der Waals surface area contributed by atoms with E-state index in [1.807, 2.05) is 48.6 Å². The Kier molecular flexibility index (Phi) is 12.7. The first-order valence-corrected chi connectivity index (χ1v) is 29.4. The number of aliphatic imine (C=N–C) groups is 2. The molecule has 12 unspecified atom stereocenters. The summed E-state index contributed by atoms with van der Waals surface area (Å²) in [5, 5.41) is 1.66. The molecule has 16 bridgehead atoms. The summed E-state index contributed by atoms with van der Waals surface area (Å²) in [7, 11) is 0. The summed E-state index contributed by atoms with van der Waals surface area (Å²) < 4.78 is 0. The SMILES string of the molecule is O=C1C2C=CC(OO2)N1Cc1ccc(/C2=c3\cc/c([nH]3)=C(\c3ccc(CN4C(=O)C5C=CC4OO5)cc3)c3ccc([nH]3)C(c3ccc(CN4C(=O)C5C=CC4OO5)cc3)C3C=CC(=N3)C(c3ccc(CN4C(=O)C5C=CC4OO5)cc3)C3C=CC2=N3)cc1. The fraction of sp³-hybridized carbons (Fsp3) is 0.235. The van der Waals surface area contributed by atoms with Crippen molar-refractivity contribution in [3.63, 3.8) is 0 Å². The summed E-state index contributed by atoms with van der Waals surface area (Å²) in [6, 6.07) is 40.8. The molecule has 2 aromatic heterocycles. The van der Waals surface area contributed by atoms with E-state index in [4.69, 9.17) is 49.1 Å². The number of allylic oxidation sites excluding steroid dienone is 2. The maximum absolute atomic E-state index is 13.3. The second kappa shape index (κ2) is 21.1. The van der Waals surface area contributed by atoms with E-state index in [-0.39, 0.29) is 41.5 Å². The van der Waals surface area contributed by atoms with Crippen LogP contribution in [0.5, 0.6) is 0 Å². The predicted octanol–water partition coefficient (Wildman–Crippen LogP) is 5.70. The number of fused-ring (bicyclic) bond motifs is 14. The summed E-state index contributed by atoms with van der Waals surface area (Å²) in [5.41, 5.74) is 12.7. The van der Waals surface area contributed by atoms with Crippen LogP contribution in [0, 0.1) is 0 Å². The van der Waals surface area contributed by atoms with Crippen LogP contribution in [-0.4, -0.2) is 126 Å². The standard InChI is InChI=1S/C68H54N8O12/c77-65-53-25-29-57(85-81-53)73(65)33-37-1-9-41(10-2-37)61-45-17-19-47(69-45)62(42-11-3-38(4-12-42)34-74-58-30-26-54(66(74)78)82-86-58)49-21-23-51(71-49)64(44-15-7-40(8-16-44)36-76-60-32-28-56(68(76)80)84-88-60)52-24-22-50(72-52)63(48-20-18-46(61)70-48)43-13-5-39(6-14-43)35-75-59-31-27-55(67(75)79)83-87-59/h1-32,45,48,53-61,63,71-72H,33-36H2/b62-49-,64-51-. The quantitative estimate of drug-likeness (QED) is 0.112. The van der Waals surface area contributed by atoms with Gasteiger partial charge >= 0.3 is 0 Å². The molecule has 0 spiro atoms. The van der Waals surface area contributed by atoms with Crippen molar-refractivity contribution in [1.29, 1.82) is 0 Å². The fourth-order valence-corrected chi connectivity index (χ4v) is 13.5. The second-order valence-electron chi connectivity index (χ2n) is 23.4. The Balaban J connectivity index is 0.794. The molecular formula is C68H54N8O12. The van der Waals surface area contributed by atoms with Crippen LogP contribution in [0.4, 0.5) is 0 Å². The van der Waals surface area contributed by atoms with Crippen LogP contribution in [0.3, 0.4) is 0 Å². The number of benzene rings is 4. The third kappa shape index (κ3) is 9.14. The molecule has 0 aliphatic carbocycles. The lowest BCUT2D eigenvalue weighted by atomic mass is 9.87. The van der Waals surface area contributed by atoms with Crippen molar-refractivity contribution in [2.45, 2.75) is 99.4 Å². The van der Waals surface area contributed by atoms with E-state index < -0.39 is 55.4 Å². The molecule has 12 atom stereocenters. The monoisotopic (exact) mass is 1170 g/mol. The first-order valence-electron chi connectivity index (χ1n) is 29.4. The Bertz CT molecular complexity index is 4270. The van der Waals surface area contributed by atoms with Gasteiger partial charge in [0.15, 0.2) is 49.3 Å². The molecule has 6 aromatic rings. The van der Waals surface area contributed by atoms with Gasteiger partial charge in [0.05, 0.1) is 29.6 Å². The molecule has 4 fully saturated rings. The highest BCUT2D eigenvalue weighted by molar-refractivity contribution is 6.29. The minimum absolute atomic E-state index is 0.147. The lowest BCUT2D eigenvalue weighted by molar-refractivity contribution is -0.376. The molecule has 4 aromatic carbocycles. The number of aromatic amines is 2. The van der Waals surface area contributed by atoms with Crippen LogP contribution in [-0.2, 0) is 84.5 Å². The molecule has 88 heavy (non-hydrogen) atoms. The maximum atomic E-state index is 13.3.